The van der Waals surface area contributed by atoms with Gasteiger partial charge in [-0.3, -0.25) is 10.1 Å². The van der Waals surface area contributed by atoms with Crippen LogP contribution in [0.3, 0.4) is 0 Å². The minimum absolute atomic E-state index is 0.787. The van der Waals surface area contributed by atoms with Gasteiger partial charge >= 0.3 is 0 Å². The second-order valence-electron chi connectivity index (χ2n) is 9.10. The molecule has 1 fully saturated rings. The van der Waals surface area contributed by atoms with E-state index in [4.69, 9.17) is 9.97 Å². The van der Waals surface area contributed by atoms with E-state index < -0.39 is 0 Å². The number of aromatic nitrogens is 6. The zero-order valence-corrected chi connectivity index (χ0v) is 20.0. The molecular weight excluding hydrogens is 438 g/mol. The molecule has 5 aromatic heterocycles. The molecule has 0 radical (unpaired) electrons. The first-order chi connectivity index (χ1) is 17.2. The van der Waals surface area contributed by atoms with Crippen molar-refractivity contribution in [1.82, 2.24) is 40.3 Å². The number of nitrogens with zero attached hydrogens (tertiary/aromatic N) is 6. The first kappa shape index (κ1) is 21.7. The molecule has 6 heterocycles. The number of likely N-dealkylation sites (N-methyl/N-ethyl adjacent to an activating group) is 1. The molecule has 0 aromatic carbocycles. The molecule has 1 aliphatic heterocycles. The fourth-order valence-corrected chi connectivity index (χ4v) is 4.68. The summed E-state index contributed by atoms with van der Waals surface area (Å²) in [5.41, 5.74) is 7.53. The molecule has 178 valence electrons. The van der Waals surface area contributed by atoms with Crippen LogP contribution >= 0.6 is 0 Å². The lowest BCUT2D eigenvalue weighted by Gasteiger charge is -2.33. The van der Waals surface area contributed by atoms with Gasteiger partial charge in [-0.2, -0.15) is 5.10 Å². The quantitative estimate of drug-likeness (QED) is 0.352. The summed E-state index contributed by atoms with van der Waals surface area (Å²) in [7, 11) is 2.16. The van der Waals surface area contributed by atoms with Crippen molar-refractivity contribution in [1.29, 1.82) is 0 Å². The first-order valence-electron chi connectivity index (χ1n) is 12.1. The summed E-state index contributed by atoms with van der Waals surface area (Å²) < 4.78 is 0. The Kier molecular flexibility index (Phi) is 5.63. The molecule has 0 aliphatic carbocycles. The summed E-state index contributed by atoms with van der Waals surface area (Å²) >= 11 is 0. The first-order valence-corrected chi connectivity index (χ1v) is 12.1. The van der Waals surface area contributed by atoms with Gasteiger partial charge in [0, 0.05) is 62.3 Å². The number of anilines is 1. The number of hydrogen-bond donors (Lipinski definition) is 3. The van der Waals surface area contributed by atoms with Crippen LogP contribution in [0.5, 0.6) is 0 Å². The third-order valence-corrected chi connectivity index (χ3v) is 6.66. The number of piperazine rings is 1. The molecule has 0 unspecified atom stereocenters. The van der Waals surface area contributed by atoms with Crippen molar-refractivity contribution in [3.63, 3.8) is 0 Å². The minimum atomic E-state index is 0.787. The minimum Gasteiger partial charge on any atom is -0.353 e. The lowest BCUT2D eigenvalue weighted by Crippen LogP contribution is -2.44. The van der Waals surface area contributed by atoms with Crippen molar-refractivity contribution >= 4 is 27.8 Å². The van der Waals surface area contributed by atoms with Crippen LogP contribution in [0.1, 0.15) is 12.5 Å². The van der Waals surface area contributed by atoms with E-state index in [-0.39, 0.29) is 0 Å². The summed E-state index contributed by atoms with van der Waals surface area (Å²) in [4.78, 5) is 22.4. The molecule has 9 nitrogen and oxygen atoms in total. The van der Waals surface area contributed by atoms with Crippen LogP contribution in [0.25, 0.3) is 44.6 Å². The Hall–Kier alpha value is -3.82. The van der Waals surface area contributed by atoms with Crippen molar-refractivity contribution in [3.05, 3.63) is 54.5 Å². The second kappa shape index (κ2) is 9.09. The third kappa shape index (κ3) is 4.13. The molecule has 3 N–H and O–H groups in total. The number of rotatable bonds is 6. The number of hydrogen-bond acceptors (Lipinski definition) is 7. The number of aromatic amines is 2. The van der Waals surface area contributed by atoms with Gasteiger partial charge in [0.2, 0.25) is 0 Å². The summed E-state index contributed by atoms with van der Waals surface area (Å²) in [6.07, 6.45) is 5.63. The molecule has 0 bridgehead atoms. The second-order valence-corrected chi connectivity index (χ2v) is 9.10. The van der Waals surface area contributed by atoms with Gasteiger partial charge in [-0.15, -0.1) is 0 Å². The van der Waals surface area contributed by atoms with Gasteiger partial charge in [-0.25, -0.2) is 9.97 Å². The smallest absolute Gasteiger partial charge is 0.138 e. The van der Waals surface area contributed by atoms with E-state index in [1.807, 2.05) is 36.8 Å². The molecule has 9 heteroatoms. The Balaban J connectivity index is 1.38. The molecule has 0 saturated carbocycles. The Morgan fingerprint density at radius 3 is 2.77 bits per heavy atom. The molecule has 0 atom stereocenters. The predicted octanol–water partition coefficient (Wildman–Crippen LogP) is 3.42. The fourth-order valence-electron chi connectivity index (χ4n) is 4.68. The summed E-state index contributed by atoms with van der Waals surface area (Å²) in [6.45, 7) is 7.83. The van der Waals surface area contributed by atoms with Gasteiger partial charge in [0.05, 0.1) is 22.4 Å². The number of fused-ring (bicyclic) bond motifs is 2. The van der Waals surface area contributed by atoms with Crippen LogP contribution in [0.4, 0.5) is 5.82 Å². The van der Waals surface area contributed by atoms with E-state index in [9.17, 15) is 0 Å². The predicted molar refractivity (Wildman–Crippen MR) is 139 cm³/mol. The molecule has 6 rings (SSSR count). The van der Waals surface area contributed by atoms with Crippen LogP contribution in [-0.2, 0) is 6.54 Å². The average Bonchev–Trinajstić information content (AvgIpc) is 3.51. The number of nitrogens with one attached hydrogen (secondary N) is 3. The van der Waals surface area contributed by atoms with Crippen LogP contribution in [0.15, 0.2) is 48.9 Å². The lowest BCUT2D eigenvalue weighted by atomic mass is 10.1. The van der Waals surface area contributed by atoms with Crippen LogP contribution in [0, 0.1) is 0 Å². The van der Waals surface area contributed by atoms with Gasteiger partial charge in [-0.1, -0.05) is 6.92 Å². The number of pyridine rings is 3. The van der Waals surface area contributed by atoms with E-state index in [0.29, 0.717) is 0 Å². The zero-order valence-electron chi connectivity index (χ0n) is 20.0. The molecule has 0 spiro atoms. The standard InChI is InChI=1S/C26H29N9/c1-3-27-14-17-12-18(16-28-15-17)20-4-5-22-24(31-20)25(33-32-22)23-13-19-21(30-23)6-7-29-26(19)35-10-8-34(2)9-11-35/h4-7,12-13,15-16,27,30H,3,8-11,14H2,1-2H3,(H,32,33). The van der Waals surface area contributed by atoms with Crippen molar-refractivity contribution < 1.29 is 0 Å². The van der Waals surface area contributed by atoms with E-state index in [2.05, 4.69) is 61.4 Å². The van der Waals surface area contributed by atoms with Gasteiger partial charge in [0.1, 0.15) is 17.0 Å². The van der Waals surface area contributed by atoms with Crippen molar-refractivity contribution in [3.8, 4) is 22.6 Å². The van der Waals surface area contributed by atoms with Gasteiger partial charge in [-0.05, 0) is 49.5 Å². The van der Waals surface area contributed by atoms with Gasteiger partial charge in [0.15, 0.2) is 0 Å². The Labute approximate surface area is 203 Å². The normalized spacial score (nSPS) is 14.9. The highest BCUT2D eigenvalue weighted by atomic mass is 15.3. The van der Waals surface area contributed by atoms with Crippen LogP contribution < -0.4 is 10.2 Å². The topological polar surface area (TPSA) is 102 Å². The maximum atomic E-state index is 4.99. The molecule has 5 aromatic rings. The van der Waals surface area contributed by atoms with Crippen molar-refractivity contribution in [2.75, 3.05) is 44.7 Å². The Morgan fingerprint density at radius 2 is 1.91 bits per heavy atom. The summed E-state index contributed by atoms with van der Waals surface area (Å²) in [5.74, 6) is 1.02. The number of H-pyrrole nitrogens is 2. The molecular formula is C26H29N9. The van der Waals surface area contributed by atoms with Crippen LogP contribution in [-0.4, -0.2) is 74.8 Å². The third-order valence-electron chi connectivity index (χ3n) is 6.66. The maximum absolute atomic E-state index is 4.99. The van der Waals surface area contributed by atoms with Crippen LogP contribution in [0.2, 0.25) is 0 Å². The Morgan fingerprint density at radius 1 is 1.03 bits per heavy atom. The lowest BCUT2D eigenvalue weighted by molar-refractivity contribution is 0.312. The van der Waals surface area contributed by atoms with Crippen molar-refractivity contribution in [2.45, 2.75) is 13.5 Å². The van der Waals surface area contributed by atoms with Gasteiger partial charge < -0.3 is 20.1 Å². The highest BCUT2D eigenvalue weighted by Crippen LogP contribution is 2.32. The molecule has 35 heavy (non-hydrogen) atoms. The molecule has 1 saturated heterocycles. The van der Waals surface area contributed by atoms with Crippen molar-refractivity contribution in [2.24, 2.45) is 0 Å². The van der Waals surface area contributed by atoms with E-state index >= 15 is 0 Å². The average molecular weight is 468 g/mol. The van der Waals surface area contributed by atoms with E-state index in [1.165, 1.54) is 0 Å². The maximum Gasteiger partial charge on any atom is 0.138 e. The van der Waals surface area contributed by atoms with E-state index in [0.717, 1.165) is 95.2 Å². The largest absolute Gasteiger partial charge is 0.353 e. The monoisotopic (exact) mass is 467 g/mol. The molecule has 1 aliphatic rings. The highest BCUT2D eigenvalue weighted by Gasteiger charge is 2.20. The fraction of sp³-hybridized carbons (Fsp3) is 0.308. The van der Waals surface area contributed by atoms with E-state index in [1.54, 1.807) is 0 Å². The summed E-state index contributed by atoms with van der Waals surface area (Å²) in [5, 5.41) is 12.2. The zero-order chi connectivity index (χ0) is 23.8. The SMILES string of the molecule is CCNCc1cncc(-c2ccc3[nH]nc(-c4cc5c(N6CCN(C)CC6)nccc5[nH]4)c3n2)c1. The molecule has 0 amide bonds. The van der Waals surface area contributed by atoms with Gasteiger partial charge in [0.25, 0.3) is 0 Å². The Bertz CT molecular complexity index is 1480. The summed E-state index contributed by atoms with van der Waals surface area (Å²) in [6, 6.07) is 10.4. The highest BCUT2D eigenvalue weighted by molar-refractivity contribution is 5.98.